The third-order valence-corrected chi connectivity index (χ3v) is 5.30. The quantitative estimate of drug-likeness (QED) is 0.621. The van der Waals surface area contributed by atoms with Crippen molar-refractivity contribution in [2.24, 2.45) is 16.2 Å². The first kappa shape index (κ1) is 10.0. The predicted molar refractivity (Wildman–Crippen MR) is 53.8 cm³/mol. The van der Waals surface area contributed by atoms with Crippen LogP contribution < -0.4 is 0 Å². The molecule has 0 unspecified atom stereocenters. The molecule has 0 radical (unpaired) electrons. The Balaban J connectivity index is 2.57. The van der Waals surface area contributed by atoms with Crippen molar-refractivity contribution in [3.05, 3.63) is 0 Å². The lowest BCUT2D eigenvalue weighted by Gasteiger charge is -2.26. The zero-order valence-electron chi connectivity index (χ0n) is 8.25. The maximum Gasteiger partial charge on any atom is 0.0465 e. The van der Waals surface area contributed by atoms with E-state index in [-0.39, 0.29) is 0 Å². The molecule has 0 aromatic rings. The summed E-state index contributed by atoms with van der Waals surface area (Å²) in [6, 6.07) is 0. The van der Waals surface area contributed by atoms with Gasteiger partial charge >= 0.3 is 0 Å². The lowest BCUT2D eigenvalue weighted by molar-refractivity contribution is 0.356. The van der Waals surface area contributed by atoms with Crippen LogP contribution in [0.25, 0.3) is 0 Å². The van der Waals surface area contributed by atoms with Crippen LogP contribution in [0.5, 0.6) is 0 Å². The minimum atomic E-state index is -1.77. The van der Waals surface area contributed by atoms with Gasteiger partial charge in [-0.2, -0.15) is 0 Å². The predicted octanol–water partition coefficient (Wildman–Crippen LogP) is 2.15. The average molecular weight is 189 g/mol. The van der Waals surface area contributed by atoms with Crippen molar-refractivity contribution >= 4 is 9.73 Å². The molecule has 1 aliphatic heterocycles. The van der Waals surface area contributed by atoms with Crippen molar-refractivity contribution in [3.63, 3.8) is 0 Å². The Labute approximate surface area is 75.9 Å². The molecule has 1 fully saturated rings. The van der Waals surface area contributed by atoms with Gasteiger partial charge in [0.2, 0.25) is 0 Å². The Kier molecular flexibility index (Phi) is 3.16. The van der Waals surface area contributed by atoms with Gasteiger partial charge in [-0.3, -0.25) is 0 Å². The molecule has 1 heterocycles. The standard InChI is InChI=1S/C9H19NOS/c1-8(2)9-4-6-12(11,10-3)7-5-9/h8-9H,4-7H2,1-3H3/t9-,12-. The van der Waals surface area contributed by atoms with Crippen LogP contribution in [-0.2, 0) is 9.73 Å². The van der Waals surface area contributed by atoms with E-state index in [1.165, 1.54) is 0 Å². The highest BCUT2D eigenvalue weighted by molar-refractivity contribution is 7.93. The van der Waals surface area contributed by atoms with Gasteiger partial charge in [-0.1, -0.05) is 13.8 Å². The highest BCUT2D eigenvalue weighted by Gasteiger charge is 2.23. The van der Waals surface area contributed by atoms with Crippen molar-refractivity contribution in [1.82, 2.24) is 0 Å². The second-order valence-corrected chi connectivity index (χ2v) is 6.67. The Morgan fingerprint density at radius 2 is 1.83 bits per heavy atom. The Morgan fingerprint density at radius 3 is 2.17 bits per heavy atom. The average Bonchev–Trinajstić information content (AvgIpc) is 2.05. The normalized spacial score (nSPS) is 36.8. The molecular formula is C9H19NOS. The van der Waals surface area contributed by atoms with E-state index in [1.807, 2.05) is 0 Å². The Hall–Kier alpha value is -0.0500. The van der Waals surface area contributed by atoms with Crippen LogP contribution in [0.3, 0.4) is 0 Å². The van der Waals surface area contributed by atoms with Crippen LogP contribution in [0.15, 0.2) is 4.36 Å². The van der Waals surface area contributed by atoms with Gasteiger partial charge in [0, 0.05) is 28.3 Å². The SMILES string of the molecule is CN=[S@]1(=O)CC[C@H](C(C)C)CC1. The van der Waals surface area contributed by atoms with Gasteiger partial charge in [0.1, 0.15) is 0 Å². The third kappa shape index (κ3) is 2.22. The first-order chi connectivity index (χ1) is 5.57. The summed E-state index contributed by atoms with van der Waals surface area (Å²) in [5.41, 5.74) is 0. The number of hydrogen-bond donors (Lipinski definition) is 0. The molecule has 0 spiro atoms. The van der Waals surface area contributed by atoms with Crippen molar-refractivity contribution in [2.45, 2.75) is 26.7 Å². The van der Waals surface area contributed by atoms with Crippen molar-refractivity contribution in [3.8, 4) is 0 Å². The van der Waals surface area contributed by atoms with Crippen LogP contribution in [0.1, 0.15) is 26.7 Å². The molecule has 0 aromatic heterocycles. The summed E-state index contributed by atoms with van der Waals surface area (Å²) in [4.78, 5) is 0. The number of hydrogen-bond acceptors (Lipinski definition) is 2. The molecule has 0 saturated carbocycles. The van der Waals surface area contributed by atoms with Crippen LogP contribution in [0, 0.1) is 11.8 Å². The summed E-state index contributed by atoms with van der Waals surface area (Å²) >= 11 is 0. The fraction of sp³-hybridized carbons (Fsp3) is 1.00. The monoisotopic (exact) mass is 189 g/mol. The second-order valence-electron chi connectivity index (χ2n) is 3.94. The van der Waals surface area contributed by atoms with Crippen LogP contribution >= 0.6 is 0 Å². The van der Waals surface area contributed by atoms with Gasteiger partial charge in [-0.15, -0.1) is 0 Å². The highest BCUT2D eigenvalue weighted by atomic mass is 32.2. The van der Waals surface area contributed by atoms with Gasteiger partial charge in [0.05, 0.1) is 0 Å². The van der Waals surface area contributed by atoms with E-state index in [4.69, 9.17) is 0 Å². The van der Waals surface area contributed by atoms with Gasteiger partial charge in [-0.25, -0.2) is 8.57 Å². The van der Waals surface area contributed by atoms with Gasteiger partial charge in [-0.05, 0) is 24.7 Å². The zero-order chi connectivity index (χ0) is 9.19. The molecule has 2 nitrogen and oxygen atoms in total. The number of nitrogens with zero attached hydrogens (tertiary/aromatic N) is 1. The second kappa shape index (κ2) is 3.77. The fourth-order valence-electron chi connectivity index (χ4n) is 1.77. The first-order valence-corrected chi connectivity index (χ1v) is 6.53. The van der Waals surface area contributed by atoms with E-state index >= 15 is 0 Å². The molecule has 1 saturated heterocycles. The third-order valence-electron chi connectivity index (χ3n) is 2.89. The van der Waals surface area contributed by atoms with Crippen molar-refractivity contribution in [2.75, 3.05) is 18.6 Å². The summed E-state index contributed by atoms with van der Waals surface area (Å²) in [5, 5.41) is 0. The van der Waals surface area contributed by atoms with E-state index in [2.05, 4.69) is 18.2 Å². The molecule has 1 aliphatic rings. The Morgan fingerprint density at radius 1 is 1.33 bits per heavy atom. The summed E-state index contributed by atoms with van der Waals surface area (Å²) in [6.07, 6.45) is 2.21. The molecule has 72 valence electrons. The molecule has 0 atom stereocenters. The molecule has 3 heteroatoms. The van der Waals surface area contributed by atoms with Gasteiger partial charge < -0.3 is 0 Å². The summed E-state index contributed by atoms with van der Waals surface area (Å²) in [6.45, 7) is 4.50. The number of rotatable bonds is 1. The van der Waals surface area contributed by atoms with E-state index in [9.17, 15) is 4.21 Å². The maximum atomic E-state index is 11.8. The molecule has 12 heavy (non-hydrogen) atoms. The van der Waals surface area contributed by atoms with Crippen LogP contribution in [-0.4, -0.2) is 22.8 Å². The maximum absolute atomic E-state index is 11.8. The minimum Gasteiger partial charge on any atom is -0.250 e. The topological polar surface area (TPSA) is 29.4 Å². The molecule has 1 rings (SSSR count). The van der Waals surface area contributed by atoms with Crippen molar-refractivity contribution < 1.29 is 4.21 Å². The Bertz CT molecular complexity index is 237. The fourth-order valence-corrected chi connectivity index (χ4v) is 3.68. The smallest absolute Gasteiger partial charge is 0.0465 e. The molecule has 0 aromatic carbocycles. The van der Waals surface area contributed by atoms with Crippen molar-refractivity contribution in [1.29, 1.82) is 0 Å². The largest absolute Gasteiger partial charge is 0.250 e. The van der Waals surface area contributed by atoms with Crippen LogP contribution in [0.2, 0.25) is 0 Å². The molecule has 0 aliphatic carbocycles. The first-order valence-electron chi connectivity index (χ1n) is 4.68. The molecule has 0 N–H and O–H groups in total. The van der Waals surface area contributed by atoms with Gasteiger partial charge in [0.15, 0.2) is 0 Å². The van der Waals surface area contributed by atoms with Crippen LogP contribution in [0.4, 0.5) is 0 Å². The van der Waals surface area contributed by atoms with E-state index in [1.54, 1.807) is 7.05 Å². The summed E-state index contributed by atoms with van der Waals surface area (Å²) in [5.74, 6) is 3.17. The van der Waals surface area contributed by atoms with Gasteiger partial charge in [0.25, 0.3) is 0 Å². The summed E-state index contributed by atoms with van der Waals surface area (Å²) in [7, 11) is -0.0771. The lowest BCUT2D eigenvalue weighted by Crippen LogP contribution is -2.25. The lowest BCUT2D eigenvalue weighted by atomic mass is 9.91. The molecule has 0 amide bonds. The van der Waals surface area contributed by atoms with E-state index < -0.39 is 9.73 Å². The highest BCUT2D eigenvalue weighted by Crippen LogP contribution is 2.26. The zero-order valence-corrected chi connectivity index (χ0v) is 9.06. The minimum absolute atomic E-state index is 0.741. The summed E-state index contributed by atoms with van der Waals surface area (Å²) < 4.78 is 15.8. The molecular weight excluding hydrogens is 170 g/mol. The molecule has 0 bridgehead atoms. The van der Waals surface area contributed by atoms with E-state index in [0.29, 0.717) is 0 Å². The van der Waals surface area contributed by atoms with E-state index in [0.717, 1.165) is 36.2 Å².